The number of amides is 1. The molecular weight excluding hydrogens is 290 g/mol. The number of morpholine rings is 1. The second kappa shape index (κ2) is 8.43. The highest BCUT2D eigenvalue weighted by Gasteiger charge is 2.25. The largest absolute Gasteiger partial charge is 0.379 e. The quantitative estimate of drug-likeness (QED) is 0.833. The summed E-state index contributed by atoms with van der Waals surface area (Å²) in [6.45, 7) is 9.82. The lowest BCUT2D eigenvalue weighted by atomic mass is 10.0. The summed E-state index contributed by atoms with van der Waals surface area (Å²) in [4.78, 5) is 14.6. The van der Waals surface area contributed by atoms with Gasteiger partial charge in [0.2, 0.25) is 5.91 Å². The molecule has 1 unspecified atom stereocenters. The van der Waals surface area contributed by atoms with Crippen LogP contribution in [0.5, 0.6) is 0 Å². The molecule has 5 heteroatoms. The van der Waals surface area contributed by atoms with E-state index in [4.69, 9.17) is 10.5 Å². The number of carbonyl (C=O) groups excluding carboxylic acids is 1. The number of ether oxygens (including phenoxy) is 1. The normalized spacial score (nSPS) is 18.7. The van der Waals surface area contributed by atoms with Crippen LogP contribution in [0.15, 0.2) is 24.3 Å². The number of nitrogens with one attached hydrogen (secondary N) is 1. The zero-order chi connectivity index (χ0) is 16.8. The molecule has 1 fully saturated rings. The SMILES string of the molecule is Cc1cccc(C(CNC(=O)[C@@H](N)C(C)C)N2CCOCC2)c1. The summed E-state index contributed by atoms with van der Waals surface area (Å²) >= 11 is 0. The van der Waals surface area contributed by atoms with Crippen molar-refractivity contribution < 1.29 is 9.53 Å². The highest BCUT2D eigenvalue weighted by Crippen LogP contribution is 2.22. The Balaban J connectivity index is 2.09. The number of hydrogen-bond acceptors (Lipinski definition) is 4. The fourth-order valence-corrected chi connectivity index (χ4v) is 2.84. The van der Waals surface area contributed by atoms with Gasteiger partial charge in [0.1, 0.15) is 0 Å². The van der Waals surface area contributed by atoms with Gasteiger partial charge in [-0.1, -0.05) is 43.7 Å². The Bertz CT molecular complexity index is 513. The molecule has 2 atom stereocenters. The van der Waals surface area contributed by atoms with Crippen molar-refractivity contribution in [1.29, 1.82) is 0 Å². The molecule has 1 heterocycles. The molecule has 2 rings (SSSR count). The molecule has 1 amide bonds. The van der Waals surface area contributed by atoms with E-state index in [1.54, 1.807) is 0 Å². The monoisotopic (exact) mass is 319 g/mol. The Morgan fingerprint density at radius 3 is 2.65 bits per heavy atom. The predicted molar refractivity (Wildman–Crippen MR) is 92.1 cm³/mol. The number of hydrogen-bond donors (Lipinski definition) is 2. The first-order valence-electron chi connectivity index (χ1n) is 8.40. The number of nitrogens with two attached hydrogens (primary N) is 1. The Kier molecular flexibility index (Phi) is 6.57. The van der Waals surface area contributed by atoms with Gasteiger partial charge in [-0.25, -0.2) is 0 Å². The summed E-state index contributed by atoms with van der Waals surface area (Å²) in [5.74, 6) is 0.0571. The third-order valence-corrected chi connectivity index (χ3v) is 4.40. The van der Waals surface area contributed by atoms with Crippen LogP contribution in [0.3, 0.4) is 0 Å². The molecule has 0 radical (unpaired) electrons. The highest BCUT2D eigenvalue weighted by molar-refractivity contribution is 5.81. The molecule has 5 nitrogen and oxygen atoms in total. The molecular formula is C18H29N3O2. The van der Waals surface area contributed by atoms with E-state index in [0.29, 0.717) is 6.54 Å². The Morgan fingerprint density at radius 1 is 1.35 bits per heavy atom. The maximum Gasteiger partial charge on any atom is 0.237 e. The minimum atomic E-state index is -0.460. The molecule has 0 saturated carbocycles. The third-order valence-electron chi connectivity index (χ3n) is 4.40. The predicted octanol–water partition coefficient (Wildman–Crippen LogP) is 1.47. The van der Waals surface area contributed by atoms with E-state index >= 15 is 0 Å². The van der Waals surface area contributed by atoms with E-state index in [1.807, 2.05) is 13.8 Å². The van der Waals surface area contributed by atoms with Gasteiger partial charge < -0.3 is 15.8 Å². The van der Waals surface area contributed by atoms with Crippen LogP contribution >= 0.6 is 0 Å². The number of carbonyl (C=O) groups is 1. The third kappa shape index (κ3) is 5.03. The molecule has 0 aliphatic carbocycles. The van der Waals surface area contributed by atoms with Crippen molar-refractivity contribution in [1.82, 2.24) is 10.2 Å². The van der Waals surface area contributed by atoms with Crippen molar-refractivity contribution >= 4 is 5.91 Å². The Morgan fingerprint density at radius 2 is 2.04 bits per heavy atom. The maximum absolute atomic E-state index is 12.2. The van der Waals surface area contributed by atoms with Crippen LogP contribution in [0.1, 0.15) is 31.0 Å². The van der Waals surface area contributed by atoms with E-state index in [0.717, 1.165) is 26.3 Å². The van der Waals surface area contributed by atoms with Gasteiger partial charge in [0.05, 0.1) is 25.3 Å². The van der Waals surface area contributed by atoms with Crippen molar-refractivity contribution in [2.75, 3.05) is 32.8 Å². The van der Waals surface area contributed by atoms with E-state index in [-0.39, 0.29) is 17.9 Å². The fraction of sp³-hybridized carbons (Fsp3) is 0.611. The summed E-state index contributed by atoms with van der Waals surface area (Å²) < 4.78 is 5.46. The van der Waals surface area contributed by atoms with Crippen LogP contribution in [-0.2, 0) is 9.53 Å². The van der Waals surface area contributed by atoms with Crippen LogP contribution in [0.25, 0.3) is 0 Å². The van der Waals surface area contributed by atoms with Gasteiger partial charge in [-0.3, -0.25) is 9.69 Å². The average Bonchev–Trinajstić information content (AvgIpc) is 2.55. The lowest BCUT2D eigenvalue weighted by Crippen LogP contribution is -2.48. The van der Waals surface area contributed by atoms with Crippen LogP contribution < -0.4 is 11.1 Å². The molecule has 1 aromatic rings. The van der Waals surface area contributed by atoms with Crippen LogP contribution in [0.2, 0.25) is 0 Å². The summed E-state index contributed by atoms with van der Waals surface area (Å²) in [7, 11) is 0. The molecule has 1 aliphatic rings. The van der Waals surface area contributed by atoms with E-state index in [2.05, 4.69) is 41.4 Å². The van der Waals surface area contributed by atoms with Gasteiger partial charge in [0.25, 0.3) is 0 Å². The van der Waals surface area contributed by atoms with Gasteiger partial charge in [-0.2, -0.15) is 0 Å². The van der Waals surface area contributed by atoms with Crippen molar-refractivity contribution in [3.05, 3.63) is 35.4 Å². The highest BCUT2D eigenvalue weighted by atomic mass is 16.5. The first kappa shape index (κ1) is 17.9. The molecule has 3 N–H and O–H groups in total. The Labute approximate surface area is 139 Å². The van der Waals surface area contributed by atoms with Gasteiger partial charge >= 0.3 is 0 Å². The minimum absolute atomic E-state index is 0.0779. The van der Waals surface area contributed by atoms with E-state index in [9.17, 15) is 4.79 Å². The van der Waals surface area contributed by atoms with Crippen LogP contribution in [-0.4, -0.2) is 49.7 Å². The molecule has 23 heavy (non-hydrogen) atoms. The van der Waals surface area contributed by atoms with Gasteiger partial charge in [-0.05, 0) is 18.4 Å². The van der Waals surface area contributed by atoms with Crippen LogP contribution in [0.4, 0.5) is 0 Å². The summed E-state index contributed by atoms with van der Waals surface area (Å²) in [5.41, 5.74) is 8.40. The number of benzene rings is 1. The summed E-state index contributed by atoms with van der Waals surface area (Å²) in [6, 6.07) is 8.17. The zero-order valence-electron chi connectivity index (χ0n) is 14.4. The molecule has 0 bridgehead atoms. The van der Waals surface area contributed by atoms with Crippen molar-refractivity contribution in [3.8, 4) is 0 Å². The standard InChI is InChI=1S/C18H29N3O2/c1-13(2)17(19)18(22)20-12-16(21-7-9-23-10-8-21)15-6-4-5-14(3)11-15/h4-6,11,13,16-17H,7-10,12,19H2,1-3H3,(H,20,22)/t16?,17-/m0/s1. The summed E-state index contributed by atoms with van der Waals surface area (Å²) in [5, 5.41) is 3.03. The molecule has 0 spiro atoms. The fourth-order valence-electron chi connectivity index (χ4n) is 2.84. The first-order chi connectivity index (χ1) is 11.0. The van der Waals surface area contributed by atoms with Crippen molar-refractivity contribution in [2.24, 2.45) is 11.7 Å². The van der Waals surface area contributed by atoms with Gasteiger partial charge in [0, 0.05) is 19.6 Å². The van der Waals surface area contributed by atoms with E-state index < -0.39 is 6.04 Å². The summed E-state index contributed by atoms with van der Waals surface area (Å²) in [6.07, 6.45) is 0. The van der Waals surface area contributed by atoms with E-state index in [1.165, 1.54) is 11.1 Å². The van der Waals surface area contributed by atoms with Crippen molar-refractivity contribution in [2.45, 2.75) is 32.9 Å². The lowest BCUT2D eigenvalue weighted by molar-refractivity contribution is -0.123. The molecule has 1 aliphatic heterocycles. The zero-order valence-corrected chi connectivity index (χ0v) is 14.4. The molecule has 0 aromatic heterocycles. The molecule has 128 valence electrons. The van der Waals surface area contributed by atoms with Crippen molar-refractivity contribution in [3.63, 3.8) is 0 Å². The van der Waals surface area contributed by atoms with Gasteiger partial charge in [-0.15, -0.1) is 0 Å². The topological polar surface area (TPSA) is 67.6 Å². The number of nitrogens with zero attached hydrogens (tertiary/aromatic N) is 1. The number of aryl methyl sites for hydroxylation is 1. The Hall–Kier alpha value is -1.43. The second-order valence-electron chi connectivity index (χ2n) is 6.59. The molecule has 1 aromatic carbocycles. The van der Waals surface area contributed by atoms with Gasteiger partial charge in [0.15, 0.2) is 0 Å². The average molecular weight is 319 g/mol. The maximum atomic E-state index is 12.2. The number of rotatable bonds is 6. The smallest absolute Gasteiger partial charge is 0.237 e. The minimum Gasteiger partial charge on any atom is -0.379 e. The second-order valence-corrected chi connectivity index (χ2v) is 6.59. The first-order valence-corrected chi connectivity index (χ1v) is 8.40. The molecule has 1 saturated heterocycles. The van der Waals surface area contributed by atoms with Crippen LogP contribution in [0, 0.1) is 12.8 Å². The lowest BCUT2D eigenvalue weighted by Gasteiger charge is -2.35.